The second-order valence-electron chi connectivity index (χ2n) is 8.74. The largest absolute Gasteiger partial charge is 0.368 e. The van der Waals surface area contributed by atoms with E-state index in [2.05, 4.69) is 72.0 Å². The normalized spacial score (nSPS) is 20.1. The summed E-state index contributed by atoms with van der Waals surface area (Å²) in [5.74, 6) is 0.431. The fourth-order valence-electron chi connectivity index (χ4n) is 4.53. The van der Waals surface area contributed by atoms with Crippen LogP contribution in [0, 0.1) is 0 Å². The second-order valence-corrected chi connectivity index (χ2v) is 8.74. The number of aromatic amines is 1. The molecular weight excluding hydrogens is 360 g/mol. The minimum absolute atomic E-state index is 0.172. The van der Waals surface area contributed by atoms with Crippen LogP contribution < -0.4 is 5.73 Å². The number of carbonyl (C=O) groups is 1. The summed E-state index contributed by atoms with van der Waals surface area (Å²) in [4.78, 5) is 22.9. The molecular formula is C24H28N4O. The molecule has 3 N–H and O–H groups in total. The number of nitrogens with one attached hydrogen (secondary N) is 1. The van der Waals surface area contributed by atoms with Crippen LogP contribution in [0.1, 0.15) is 39.3 Å². The number of nitrogens with two attached hydrogens (primary N) is 1. The number of imidazole rings is 1. The Balaban J connectivity index is 1.68. The lowest BCUT2D eigenvalue weighted by molar-refractivity contribution is -0.132. The number of hydrogen-bond donors (Lipinski definition) is 2. The quantitative estimate of drug-likeness (QED) is 0.699. The van der Waals surface area contributed by atoms with E-state index in [1.807, 2.05) is 18.2 Å². The van der Waals surface area contributed by atoms with Gasteiger partial charge in [0.25, 0.3) is 0 Å². The molecule has 1 aliphatic heterocycles. The maximum absolute atomic E-state index is 12.7. The minimum Gasteiger partial charge on any atom is -0.368 e. The number of amides is 1. The van der Waals surface area contributed by atoms with E-state index in [0.29, 0.717) is 6.42 Å². The van der Waals surface area contributed by atoms with Gasteiger partial charge in [-0.25, -0.2) is 4.98 Å². The van der Waals surface area contributed by atoms with E-state index in [4.69, 9.17) is 5.73 Å². The molecule has 0 bridgehead atoms. The summed E-state index contributed by atoms with van der Waals surface area (Å²) in [6.07, 6.45) is 3.41. The number of rotatable bonds is 4. The third-order valence-electron chi connectivity index (χ3n) is 5.89. The van der Waals surface area contributed by atoms with Gasteiger partial charge >= 0.3 is 0 Å². The van der Waals surface area contributed by atoms with Crippen LogP contribution >= 0.6 is 0 Å². The zero-order chi connectivity index (χ0) is 20.6. The molecule has 1 aliphatic rings. The van der Waals surface area contributed by atoms with Crippen molar-refractivity contribution < 1.29 is 4.79 Å². The molecule has 0 saturated carbocycles. The Morgan fingerprint density at radius 3 is 2.28 bits per heavy atom. The molecule has 4 rings (SSSR count). The van der Waals surface area contributed by atoms with Crippen molar-refractivity contribution in [1.82, 2.24) is 14.9 Å². The number of carbonyl (C=O) groups excluding carboxylic acids is 1. The van der Waals surface area contributed by atoms with E-state index in [-0.39, 0.29) is 11.4 Å². The lowest BCUT2D eigenvalue weighted by Gasteiger charge is -2.43. The molecule has 0 spiro atoms. The van der Waals surface area contributed by atoms with Gasteiger partial charge in [-0.15, -0.1) is 0 Å². The highest BCUT2D eigenvalue weighted by atomic mass is 16.1. The van der Waals surface area contributed by atoms with Gasteiger partial charge in [0.2, 0.25) is 5.91 Å². The Morgan fingerprint density at radius 2 is 1.66 bits per heavy atom. The molecule has 1 saturated heterocycles. The first-order valence-electron chi connectivity index (χ1n) is 10.1. The van der Waals surface area contributed by atoms with Crippen LogP contribution in [-0.2, 0) is 10.3 Å². The van der Waals surface area contributed by atoms with Gasteiger partial charge in [0.05, 0.1) is 11.9 Å². The molecule has 29 heavy (non-hydrogen) atoms. The predicted molar refractivity (Wildman–Crippen MR) is 116 cm³/mol. The van der Waals surface area contributed by atoms with E-state index in [1.165, 1.54) is 5.56 Å². The monoisotopic (exact) mass is 388 g/mol. The molecule has 0 radical (unpaired) electrons. The molecule has 1 unspecified atom stereocenters. The van der Waals surface area contributed by atoms with Crippen LogP contribution in [0.5, 0.6) is 0 Å². The molecule has 2 heterocycles. The zero-order valence-electron chi connectivity index (χ0n) is 17.3. The molecule has 3 aromatic rings. The zero-order valence-corrected chi connectivity index (χ0v) is 17.3. The molecule has 5 heteroatoms. The summed E-state index contributed by atoms with van der Waals surface area (Å²) in [7, 11) is 0. The maximum atomic E-state index is 12.7. The summed E-state index contributed by atoms with van der Waals surface area (Å²) < 4.78 is 0. The fourth-order valence-corrected chi connectivity index (χ4v) is 4.53. The van der Waals surface area contributed by atoms with E-state index >= 15 is 0 Å². The summed E-state index contributed by atoms with van der Waals surface area (Å²) >= 11 is 0. The highest BCUT2D eigenvalue weighted by molar-refractivity contribution is 5.86. The Morgan fingerprint density at radius 1 is 1.03 bits per heavy atom. The Kier molecular flexibility index (Phi) is 4.79. The Bertz CT molecular complexity index is 1000. The van der Waals surface area contributed by atoms with Crippen molar-refractivity contribution in [2.45, 2.75) is 44.7 Å². The van der Waals surface area contributed by atoms with E-state index in [9.17, 15) is 4.79 Å². The van der Waals surface area contributed by atoms with Gasteiger partial charge in [0.1, 0.15) is 11.4 Å². The van der Waals surface area contributed by atoms with E-state index in [1.54, 1.807) is 6.20 Å². The molecule has 2 aromatic carbocycles. The van der Waals surface area contributed by atoms with Crippen LogP contribution in [0.3, 0.4) is 0 Å². The maximum Gasteiger partial charge on any atom is 0.244 e. The van der Waals surface area contributed by atoms with Gasteiger partial charge in [0, 0.05) is 17.6 Å². The SMILES string of the molecule is CC(C)(C)N1CCCC1(C(N)=O)c1cnc(-c2ccc(-c3ccccc3)cc2)[nH]1. The molecule has 150 valence electrons. The van der Waals surface area contributed by atoms with Crippen molar-refractivity contribution in [1.29, 1.82) is 0 Å². The highest BCUT2D eigenvalue weighted by Crippen LogP contribution is 2.42. The third kappa shape index (κ3) is 3.36. The van der Waals surface area contributed by atoms with Crippen LogP contribution in [0.4, 0.5) is 0 Å². The average molecular weight is 389 g/mol. The first-order chi connectivity index (χ1) is 13.8. The summed E-state index contributed by atoms with van der Waals surface area (Å²) in [5.41, 5.74) is 9.04. The van der Waals surface area contributed by atoms with Crippen LogP contribution in [0.25, 0.3) is 22.5 Å². The summed E-state index contributed by atoms with van der Waals surface area (Å²) in [6, 6.07) is 18.6. The van der Waals surface area contributed by atoms with Crippen LogP contribution in [0.2, 0.25) is 0 Å². The molecule has 5 nitrogen and oxygen atoms in total. The Hall–Kier alpha value is -2.92. The summed E-state index contributed by atoms with van der Waals surface area (Å²) in [5, 5.41) is 0. The topological polar surface area (TPSA) is 75.0 Å². The van der Waals surface area contributed by atoms with Gasteiger partial charge < -0.3 is 10.7 Å². The van der Waals surface area contributed by atoms with Crippen LogP contribution in [-0.4, -0.2) is 32.9 Å². The number of nitrogens with zero attached hydrogens (tertiary/aromatic N) is 2. The second kappa shape index (κ2) is 7.16. The van der Waals surface area contributed by atoms with Crippen molar-refractivity contribution in [2.24, 2.45) is 5.73 Å². The number of H-pyrrole nitrogens is 1. The van der Waals surface area contributed by atoms with Crippen LogP contribution in [0.15, 0.2) is 60.8 Å². The van der Waals surface area contributed by atoms with Crippen molar-refractivity contribution in [3.05, 3.63) is 66.5 Å². The highest BCUT2D eigenvalue weighted by Gasteiger charge is 2.52. The summed E-state index contributed by atoms with van der Waals surface area (Å²) in [6.45, 7) is 7.20. The van der Waals surface area contributed by atoms with Crippen molar-refractivity contribution in [2.75, 3.05) is 6.54 Å². The van der Waals surface area contributed by atoms with Gasteiger partial charge in [-0.3, -0.25) is 9.69 Å². The number of primary amides is 1. The predicted octanol–water partition coefficient (Wildman–Crippen LogP) is 4.32. The standard InChI is InChI=1S/C24H28N4O/c1-23(2,3)28-15-7-14-24(28,22(25)29)20-16-26-21(27-20)19-12-10-18(11-13-19)17-8-5-4-6-9-17/h4-6,8-13,16H,7,14-15H2,1-3H3,(H2,25,29)(H,26,27). The molecule has 0 aliphatic carbocycles. The first-order valence-corrected chi connectivity index (χ1v) is 10.1. The van der Waals surface area contributed by atoms with Gasteiger partial charge in [-0.1, -0.05) is 54.6 Å². The molecule has 1 aromatic heterocycles. The third-order valence-corrected chi connectivity index (χ3v) is 5.89. The molecule has 1 fully saturated rings. The number of hydrogen-bond acceptors (Lipinski definition) is 3. The minimum atomic E-state index is -0.840. The first kappa shape index (κ1) is 19.4. The number of likely N-dealkylation sites (tertiary alicyclic amines) is 1. The average Bonchev–Trinajstić information content (AvgIpc) is 3.36. The van der Waals surface area contributed by atoms with Gasteiger partial charge in [-0.2, -0.15) is 0 Å². The van der Waals surface area contributed by atoms with Crippen molar-refractivity contribution in [3.63, 3.8) is 0 Å². The van der Waals surface area contributed by atoms with Crippen molar-refractivity contribution in [3.8, 4) is 22.5 Å². The Labute approximate surface area is 172 Å². The van der Waals surface area contributed by atoms with E-state index in [0.717, 1.165) is 35.6 Å². The molecule has 1 atom stereocenters. The van der Waals surface area contributed by atoms with Crippen molar-refractivity contribution >= 4 is 5.91 Å². The van der Waals surface area contributed by atoms with E-state index < -0.39 is 5.54 Å². The lowest BCUT2D eigenvalue weighted by atomic mass is 9.88. The smallest absolute Gasteiger partial charge is 0.244 e. The number of benzene rings is 2. The lowest BCUT2D eigenvalue weighted by Crippen LogP contribution is -2.58. The number of aromatic nitrogens is 2. The van der Waals surface area contributed by atoms with Gasteiger partial charge in [-0.05, 0) is 44.7 Å². The fraction of sp³-hybridized carbons (Fsp3) is 0.333. The molecule has 1 amide bonds. The van der Waals surface area contributed by atoms with Gasteiger partial charge in [0.15, 0.2) is 0 Å².